The van der Waals surface area contributed by atoms with Crippen molar-refractivity contribution in [3.05, 3.63) is 57.0 Å². The topological polar surface area (TPSA) is 45.2 Å². The zero-order valence-corrected chi connectivity index (χ0v) is 17.0. The van der Waals surface area contributed by atoms with Gasteiger partial charge in [0.2, 0.25) is 5.91 Å². The lowest BCUT2D eigenvalue weighted by Gasteiger charge is -2.30. The highest BCUT2D eigenvalue weighted by Crippen LogP contribution is 2.25. The Bertz CT molecular complexity index is 896. The van der Waals surface area contributed by atoms with Crippen molar-refractivity contribution in [3.63, 3.8) is 0 Å². The molecule has 4 rings (SSSR count). The van der Waals surface area contributed by atoms with Gasteiger partial charge < -0.3 is 5.32 Å². The Kier molecular flexibility index (Phi) is 5.66. The van der Waals surface area contributed by atoms with E-state index in [1.54, 1.807) is 11.3 Å². The largest absolute Gasteiger partial charge is 0.326 e. The molecular weight excluding hydrogens is 374 g/mol. The van der Waals surface area contributed by atoms with E-state index in [0.29, 0.717) is 0 Å². The summed E-state index contributed by atoms with van der Waals surface area (Å²) in [6.45, 7) is 5.11. The van der Waals surface area contributed by atoms with Gasteiger partial charge in [-0.2, -0.15) is 0 Å². The van der Waals surface area contributed by atoms with E-state index in [1.807, 2.05) is 46.5 Å². The fourth-order valence-corrected chi connectivity index (χ4v) is 4.99. The summed E-state index contributed by atoms with van der Waals surface area (Å²) in [7, 11) is 0. The van der Waals surface area contributed by atoms with Gasteiger partial charge in [-0.3, -0.25) is 9.69 Å². The number of nitrogens with one attached hydrogen (secondary N) is 1. The van der Waals surface area contributed by atoms with Crippen LogP contribution in [0.3, 0.4) is 0 Å². The Balaban J connectivity index is 1.31. The summed E-state index contributed by atoms with van der Waals surface area (Å²) >= 11 is 3.44. The van der Waals surface area contributed by atoms with Gasteiger partial charge in [0, 0.05) is 38.8 Å². The van der Waals surface area contributed by atoms with E-state index in [-0.39, 0.29) is 11.8 Å². The van der Waals surface area contributed by atoms with Crippen LogP contribution >= 0.6 is 22.7 Å². The van der Waals surface area contributed by atoms with Gasteiger partial charge in [0.25, 0.3) is 0 Å². The average molecular weight is 398 g/mol. The quantitative estimate of drug-likeness (QED) is 0.657. The average Bonchev–Trinajstić information content (AvgIpc) is 3.35. The third kappa shape index (κ3) is 4.64. The van der Waals surface area contributed by atoms with Gasteiger partial charge in [0.15, 0.2) is 0 Å². The lowest BCUT2D eigenvalue weighted by atomic mass is 9.95. The molecule has 0 spiro atoms. The standard InChI is InChI=1S/C21H23N3OS2/c1-15-5-6-19(27-15)12-24-9-7-16(8-10-24)21(25)23-18-4-2-3-17(11-18)20-13-26-14-22-20/h2-6,11,13-14,16H,7-10,12H2,1H3,(H,23,25). The molecule has 1 aromatic carbocycles. The smallest absolute Gasteiger partial charge is 0.227 e. The lowest BCUT2D eigenvalue weighted by molar-refractivity contribution is -0.121. The highest BCUT2D eigenvalue weighted by molar-refractivity contribution is 7.11. The first-order valence-electron chi connectivity index (χ1n) is 9.24. The molecule has 1 saturated heterocycles. The van der Waals surface area contributed by atoms with E-state index in [2.05, 4.69) is 34.3 Å². The van der Waals surface area contributed by atoms with Crippen LogP contribution < -0.4 is 5.32 Å². The minimum atomic E-state index is 0.0919. The number of carbonyl (C=O) groups excluding carboxylic acids is 1. The van der Waals surface area contributed by atoms with Gasteiger partial charge in [-0.05, 0) is 57.1 Å². The second-order valence-corrected chi connectivity index (χ2v) is 9.10. The van der Waals surface area contributed by atoms with E-state index >= 15 is 0 Å². The molecule has 0 unspecified atom stereocenters. The third-order valence-electron chi connectivity index (χ3n) is 4.99. The predicted molar refractivity (Wildman–Crippen MR) is 113 cm³/mol. The molecule has 4 nitrogen and oxygen atoms in total. The number of likely N-dealkylation sites (tertiary alicyclic amines) is 1. The molecule has 1 aliphatic rings. The van der Waals surface area contributed by atoms with Crippen molar-refractivity contribution in [2.75, 3.05) is 18.4 Å². The van der Waals surface area contributed by atoms with Crippen LogP contribution in [-0.4, -0.2) is 28.9 Å². The summed E-state index contributed by atoms with van der Waals surface area (Å²) < 4.78 is 0. The van der Waals surface area contributed by atoms with E-state index < -0.39 is 0 Å². The molecule has 1 aliphatic heterocycles. The number of anilines is 1. The Hall–Kier alpha value is -2.02. The maximum atomic E-state index is 12.7. The van der Waals surface area contributed by atoms with Gasteiger partial charge in [-0.25, -0.2) is 4.98 Å². The Labute approximate surface area is 167 Å². The first kappa shape index (κ1) is 18.3. The maximum Gasteiger partial charge on any atom is 0.227 e. The van der Waals surface area contributed by atoms with Gasteiger partial charge >= 0.3 is 0 Å². The molecule has 0 atom stereocenters. The summed E-state index contributed by atoms with van der Waals surface area (Å²) in [5, 5.41) is 5.12. The first-order chi connectivity index (χ1) is 13.2. The van der Waals surface area contributed by atoms with Crippen LogP contribution in [0.4, 0.5) is 5.69 Å². The number of rotatable bonds is 5. The number of benzene rings is 1. The van der Waals surface area contributed by atoms with Crippen LogP contribution in [0.2, 0.25) is 0 Å². The van der Waals surface area contributed by atoms with Gasteiger partial charge in [-0.1, -0.05) is 12.1 Å². The predicted octanol–water partition coefficient (Wildman–Crippen LogP) is 5.03. The maximum absolute atomic E-state index is 12.7. The Morgan fingerprint density at radius 1 is 1.26 bits per heavy atom. The fraction of sp³-hybridized carbons (Fsp3) is 0.333. The zero-order valence-electron chi connectivity index (χ0n) is 15.4. The molecule has 3 aromatic rings. The summed E-state index contributed by atoms with van der Waals surface area (Å²) in [4.78, 5) is 22.3. The highest BCUT2D eigenvalue weighted by atomic mass is 32.1. The number of thiophene rings is 1. The Morgan fingerprint density at radius 3 is 2.81 bits per heavy atom. The number of carbonyl (C=O) groups is 1. The molecule has 0 bridgehead atoms. The van der Waals surface area contributed by atoms with E-state index in [1.165, 1.54) is 9.75 Å². The van der Waals surface area contributed by atoms with Gasteiger partial charge in [0.05, 0.1) is 11.2 Å². The molecule has 140 valence electrons. The summed E-state index contributed by atoms with van der Waals surface area (Å²) in [5.74, 6) is 0.228. The Morgan fingerprint density at radius 2 is 2.11 bits per heavy atom. The summed E-state index contributed by atoms with van der Waals surface area (Å²) in [5.41, 5.74) is 4.66. The molecular formula is C21H23N3OS2. The molecule has 1 amide bonds. The number of hydrogen-bond acceptors (Lipinski definition) is 5. The number of aryl methyl sites for hydroxylation is 1. The lowest BCUT2D eigenvalue weighted by Crippen LogP contribution is -2.37. The van der Waals surface area contributed by atoms with E-state index in [4.69, 9.17) is 0 Å². The second-order valence-electron chi connectivity index (χ2n) is 7.01. The molecule has 0 aliphatic carbocycles. The van der Waals surface area contributed by atoms with Crippen molar-refractivity contribution >= 4 is 34.3 Å². The van der Waals surface area contributed by atoms with Crippen LogP contribution in [0.15, 0.2) is 47.3 Å². The molecule has 1 fully saturated rings. The molecule has 27 heavy (non-hydrogen) atoms. The van der Waals surface area contributed by atoms with Crippen LogP contribution in [0.5, 0.6) is 0 Å². The molecule has 0 saturated carbocycles. The molecule has 3 heterocycles. The molecule has 1 N–H and O–H groups in total. The monoisotopic (exact) mass is 397 g/mol. The zero-order chi connectivity index (χ0) is 18.6. The van der Waals surface area contributed by atoms with Crippen molar-refractivity contribution in [3.8, 4) is 11.3 Å². The molecule has 6 heteroatoms. The number of thiazole rings is 1. The third-order valence-corrected chi connectivity index (χ3v) is 6.56. The van der Waals surface area contributed by atoms with Gasteiger partial charge in [-0.15, -0.1) is 22.7 Å². The minimum absolute atomic E-state index is 0.0919. The number of aromatic nitrogens is 1. The van der Waals surface area contributed by atoms with Crippen LogP contribution in [0, 0.1) is 12.8 Å². The van der Waals surface area contributed by atoms with Crippen molar-refractivity contribution < 1.29 is 4.79 Å². The van der Waals surface area contributed by atoms with E-state index in [0.717, 1.165) is 49.4 Å². The fourth-order valence-electron chi connectivity index (χ4n) is 3.50. The molecule has 2 aromatic heterocycles. The normalized spacial score (nSPS) is 15.7. The van der Waals surface area contributed by atoms with Crippen LogP contribution in [-0.2, 0) is 11.3 Å². The van der Waals surface area contributed by atoms with Crippen molar-refractivity contribution in [1.29, 1.82) is 0 Å². The number of hydrogen-bond donors (Lipinski definition) is 1. The number of amides is 1. The first-order valence-corrected chi connectivity index (χ1v) is 11.0. The van der Waals surface area contributed by atoms with Crippen molar-refractivity contribution in [1.82, 2.24) is 9.88 Å². The summed E-state index contributed by atoms with van der Waals surface area (Å²) in [6.07, 6.45) is 1.84. The van der Waals surface area contributed by atoms with E-state index in [9.17, 15) is 4.79 Å². The van der Waals surface area contributed by atoms with Crippen molar-refractivity contribution in [2.45, 2.75) is 26.3 Å². The highest BCUT2D eigenvalue weighted by Gasteiger charge is 2.25. The van der Waals surface area contributed by atoms with Crippen molar-refractivity contribution in [2.24, 2.45) is 5.92 Å². The van der Waals surface area contributed by atoms with Gasteiger partial charge in [0.1, 0.15) is 0 Å². The van der Waals surface area contributed by atoms with Crippen LogP contribution in [0.25, 0.3) is 11.3 Å². The SMILES string of the molecule is Cc1ccc(CN2CCC(C(=O)Nc3cccc(-c4cscn4)c3)CC2)s1. The summed E-state index contributed by atoms with van der Waals surface area (Å²) in [6, 6.07) is 12.3. The molecule has 0 radical (unpaired) electrons. The minimum Gasteiger partial charge on any atom is -0.326 e. The number of nitrogens with zero attached hydrogens (tertiary/aromatic N) is 2. The number of piperidine rings is 1. The van der Waals surface area contributed by atoms with Crippen LogP contribution in [0.1, 0.15) is 22.6 Å². The second kappa shape index (κ2) is 8.33.